The fourth-order valence-electron chi connectivity index (χ4n) is 3.38. The Balaban J connectivity index is 1.87. The van der Waals surface area contributed by atoms with Crippen LogP contribution >= 0.6 is 0 Å². The molecule has 1 heterocycles. The summed E-state index contributed by atoms with van der Waals surface area (Å²) in [5.41, 5.74) is -0.353. The van der Waals surface area contributed by atoms with Crippen molar-refractivity contribution in [3.63, 3.8) is 0 Å². The lowest BCUT2D eigenvalue weighted by molar-refractivity contribution is -0.160. The zero-order valence-electron chi connectivity index (χ0n) is 15.2. The van der Waals surface area contributed by atoms with Gasteiger partial charge in [-0.3, -0.25) is 10.1 Å². The molecule has 0 aliphatic heterocycles. The summed E-state index contributed by atoms with van der Waals surface area (Å²) in [6.07, 6.45) is 0.558. The van der Waals surface area contributed by atoms with Crippen molar-refractivity contribution in [2.45, 2.75) is 53.2 Å². The van der Waals surface area contributed by atoms with Gasteiger partial charge in [-0.2, -0.15) is 0 Å². The van der Waals surface area contributed by atoms with Gasteiger partial charge in [0.15, 0.2) is 5.82 Å². The third-order valence-electron chi connectivity index (χ3n) is 4.84. The highest BCUT2D eigenvalue weighted by Crippen LogP contribution is 2.52. The summed E-state index contributed by atoms with van der Waals surface area (Å²) in [5.74, 6) is -0.337. The van der Waals surface area contributed by atoms with Crippen LogP contribution in [0.3, 0.4) is 0 Å². The number of ether oxygens (including phenoxy) is 1. The first-order chi connectivity index (χ1) is 11.6. The number of rotatable bonds is 6. The van der Waals surface area contributed by atoms with Crippen LogP contribution < -0.4 is 15.4 Å². The minimum atomic E-state index is -0.781. The van der Waals surface area contributed by atoms with E-state index in [1.807, 2.05) is 34.6 Å². The van der Waals surface area contributed by atoms with Crippen LogP contribution in [-0.2, 0) is 4.79 Å². The normalized spacial score (nSPS) is 22.6. The van der Waals surface area contributed by atoms with Crippen LogP contribution in [0.5, 0.6) is 5.88 Å². The third kappa shape index (κ3) is 4.37. The second-order valence-electron chi connectivity index (χ2n) is 7.36. The molecule has 0 bridgehead atoms. The number of carbonyl (C=O) groups is 2. The number of aliphatic carboxylic acids is 1. The van der Waals surface area contributed by atoms with Crippen molar-refractivity contribution in [2.75, 3.05) is 5.32 Å². The summed E-state index contributed by atoms with van der Waals surface area (Å²) in [4.78, 5) is 23.3. The van der Waals surface area contributed by atoms with Crippen molar-refractivity contribution in [1.29, 1.82) is 0 Å². The molecule has 0 radical (unpaired) electrons. The van der Waals surface area contributed by atoms with Crippen LogP contribution in [-0.4, -0.2) is 39.5 Å². The van der Waals surface area contributed by atoms with E-state index in [9.17, 15) is 14.7 Å². The Labute approximate surface area is 147 Å². The first-order valence-corrected chi connectivity index (χ1v) is 8.42. The van der Waals surface area contributed by atoms with Crippen molar-refractivity contribution in [3.8, 4) is 5.88 Å². The molecule has 3 atom stereocenters. The molecule has 1 saturated carbocycles. The monoisotopic (exact) mass is 350 g/mol. The summed E-state index contributed by atoms with van der Waals surface area (Å²) in [7, 11) is 0. The standard InChI is InChI=1S/C17H26N4O4/c1-9(2)25-14-7-6-13(20-21-14)19-16(24)18-10(3)11-8-12(15(22)23)17(11,4)5/h6-7,9-12H,8H2,1-5H3,(H,22,23)(H2,18,19,20,24)/t10?,11-,12+/m0/s1. The van der Waals surface area contributed by atoms with Gasteiger partial charge >= 0.3 is 12.0 Å². The molecular formula is C17H26N4O4. The summed E-state index contributed by atoms with van der Waals surface area (Å²) in [5, 5.41) is 22.5. The Morgan fingerprint density at radius 1 is 1.28 bits per heavy atom. The highest BCUT2D eigenvalue weighted by atomic mass is 16.5. The molecule has 8 heteroatoms. The van der Waals surface area contributed by atoms with E-state index in [1.165, 1.54) is 0 Å². The summed E-state index contributed by atoms with van der Waals surface area (Å²) < 4.78 is 5.39. The van der Waals surface area contributed by atoms with E-state index in [2.05, 4.69) is 20.8 Å². The average Bonchev–Trinajstić information content (AvgIpc) is 2.47. The fraction of sp³-hybridized carbons (Fsp3) is 0.647. The van der Waals surface area contributed by atoms with Gasteiger partial charge in [-0.15, -0.1) is 10.2 Å². The van der Waals surface area contributed by atoms with Crippen molar-refractivity contribution < 1.29 is 19.4 Å². The number of hydrogen-bond donors (Lipinski definition) is 3. The maximum Gasteiger partial charge on any atom is 0.320 e. The molecule has 1 aromatic rings. The molecule has 8 nitrogen and oxygen atoms in total. The molecule has 1 aliphatic rings. The van der Waals surface area contributed by atoms with E-state index in [0.29, 0.717) is 18.1 Å². The smallest absolute Gasteiger partial charge is 0.320 e. The third-order valence-corrected chi connectivity index (χ3v) is 4.84. The van der Waals surface area contributed by atoms with Gasteiger partial charge in [0, 0.05) is 12.1 Å². The second kappa shape index (κ2) is 7.25. The van der Waals surface area contributed by atoms with Gasteiger partial charge in [0.25, 0.3) is 0 Å². The van der Waals surface area contributed by atoms with Crippen LogP contribution in [0.15, 0.2) is 12.1 Å². The molecule has 25 heavy (non-hydrogen) atoms. The Bertz CT molecular complexity index is 630. The molecule has 2 amide bonds. The van der Waals surface area contributed by atoms with Gasteiger partial charge in [-0.25, -0.2) is 4.79 Å². The molecule has 2 rings (SSSR count). The predicted octanol–water partition coefficient (Wildman–Crippen LogP) is 2.52. The SMILES string of the molecule is CC(C)Oc1ccc(NC(=O)NC(C)[C@@H]2C[C@H](C(=O)O)C2(C)C)nn1. The molecule has 1 fully saturated rings. The molecule has 1 aliphatic carbocycles. The maximum absolute atomic E-state index is 12.1. The largest absolute Gasteiger partial charge is 0.481 e. The Morgan fingerprint density at radius 2 is 1.96 bits per heavy atom. The highest BCUT2D eigenvalue weighted by molar-refractivity contribution is 5.88. The van der Waals surface area contributed by atoms with Crippen LogP contribution in [0.25, 0.3) is 0 Å². The number of nitrogens with zero attached hydrogens (tertiary/aromatic N) is 2. The Morgan fingerprint density at radius 3 is 2.44 bits per heavy atom. The molecule has 0 spiro atoms. The Hall–Kier alpha value is -2.38. The van der Waals surface area contributed by atoms with Crippen LogP contribution in [0.1, 0.15) is 41.0 Å². The molecule has 0 aromatic carbocycles. The summed E-state index contributed by atoms with van der Waals surface area (Å²) in [6.45, 7) is 9.51. The zero-order chi connectivity index (χ0) is 18.8. The number of carbonyl (C=O) groups excluding carboxylic acids is 1. The number of urea groups is 1. The quantitative estimate of drug-likeness (QED) is 0.726. The van der Waals surface area contributed by atoms with Gasteiger partial charge in [-0.1, -0.05) is 13.8 Å². The number of carboxylic acids is 1. The topological polar surface area (TPSA) is 113 Å². The molecule has 3 N–H and O–H groups in total. The van der Waals surface area contributed by atoms with Gasteiger partial charge in [0.2, 0.25) is 5.88 Å². The van der Waals surface area contributed by atoms with E-state index < -0.39 is 12.0 Å². The lowest BCUT2D eigenvalue weighted by Crippen LogP contribution is -2.57. The van der Waals surface area contributed by atoms with Crippen LogP contribution in [0.4, 0.5) is 10.6 Å². The van der Waals surface area contributed by atoms with Gasteiger partial charge in [-0.05, 0) is 44.6 Å². The molecule has 1 unspecified atom stereocenters. The first-order valence-electron chi connectivity index (χ1n) is 8.42. The number of carboxylic acid groups (broad SMARTS) is 1. The Kier molecular flexibility index (Phi) is 5.49. The molecule has 0 saturated heterocycles. The van der Waals surface area contributed by atoms with Crippen molar-refractivity contribution in [3.05, 3.63) is 12.1 Å². The van der Waals surface area contributed by atoms with E-state index >= 15 is 0 Å². The average molecular weight is 350 g/mol. The lowest BCUT2D eigenvalue weighted by Gasteiger charge is -2.52. The maximum atomic E-state index is 12.1. The number of nitrogens with one attached hydrogen (secondary N) is 2. The molecular weight excluding hydrogens is 324 g/mol. The molecule has 138 valence electrons. The number of hydrogen-bond acceptors (Lipinski definition) is 5. The number of amides is 2. The number of aromatic nitrogens is 2. The van der Waals surface area contributed by atoms with E-state index in [1.54, 1.807) is 12.1 Å². The van der Waals surface area contributed by atoms with E-state index in [0.717, 1.165) is 0 Å². The summed E-state index contributed by atoms with van der Waals surface area (Å²) >= 11 is 0. The van der Waals surface area contributed by atoms with Gasteiger partial charge in [0.05, 0.1) is 12.0 Å². The van der Waals surface area contributed by atoms with Gasteiger partial charge in [0.1, 0.15) is 0 Å². The van der Waals surface area contributed by atoms with Crippen molar-refractivity contribution >= 4 is 17.8 Å². The van der Waals surface area contributed by atoms with Crippen LogP contribution in [0, 0.1) is 17.3 Å². The predicted molar refractivity (Wildman–Crippen MR) is 92.4 cm³/mol. The van der Waals surface area contributed by atoms with Gasteiger partial charge < -0.3 is 15.2 Å². The second-order valence-corrected chi connectivity index (χ2v) is 7.36. The minimum Gasteiger partial charge on any atom is -0.481 e. The van der Waals surface area contributed by atoms with Crippen LogP contribution in [0.2, 0.25) is 0 Å². The number of anilines is 1. The fourth-order valence-corrected chi connectivity index (χ4v) is 3.38. The van der Waals surface area contributed by atoms with E-state index in [-0.39, 0.29) is 29.4 Å². The van der Waals surface area contributed by atoms with Crippen molar-refractivity contribution in [2.24, 2.45) is 17.3 Å². The van der Waals surface area contributed by atoms with E-state index in [4.69, 9.17) is 4.74 Å². The zero-order valence-corrected chi connectivity index (χ0v) is 15.2. The van der Waals surface area contributed by atoms with Crippen molar-refractivity contribution in [1.82, 2.24) is 15.5 Å². The first kappa shape index (κ1) is 19.0. The summed E-state index contributed by atoms with van der Waals surface area (Å²) in [6, 6.07) is 2.71. The highest BCUT2D eigenvalue weighted by Gasteiger charge is 2.53. The minimum absolute atomic E-state index is 0.00211. The lowest BCUT2D eigenvalue weighted by atomic mass is 9.53. The molecule has 1 aromatic heterocycles.